The summed E-state index contributed by atoms with van der Waals surface area (Å²) in [7, 11) is 3.70. The van der Waals surface area contributed by atoms with Crippen molar-refractivity contribution in [2.75, 3.05) is 19.5 Å². The van der Waals surface area contributed by atoms with Crippen LogP contribution < -0.4 is 15.4 Å². The Morgan fingerprint density at radius 3 is 2.76 bits per heavy atom. The van der Waals surface area contributed by atoms with Crippen LogP contribution in [0.5, 0.6) is 5.88 Å². The molecule has 114 valence electrons. The largest absolute Gasteiger partial charge is 0.479 e. The third kappa shape index (κ3) is 2.92. The maximum Gasteiger partial charge on any atom is 0.319 e. The molecule has 1 aromatic rings. The zero-order chi connectivity index (χ0) is 14.8. The van der Waals surface area contributed by atoms with Crippen LogP contribution in [0.2, 0.25) is 0 Å². The maximum atomic E-state index is 12.1. The number of hydrogen-bond donors (Lipinski definition) is 2. The quantitative estimate of drug-likeness (QED) is 0.875. The van der Waals surface area contributed by atoms with Crippen LogP contribution in [0.15, 0.2) is 12.5 Å². The summed E-state index contributed by atoms with van der Waals surface area (Å²) < 4.78 is 5.09. The number of nitrogens with zero attached hydrogens (tertiary/aromatic N) is 3. The number of hydrogen-bond acceptors (Lipinski definition) is 5. The van der Waals surface area contributed by atoms with Crippen molar-refractivity contribution in [3.63, 3.8) is 0 Å². The van der Waals surface area contributed by atoms with E-state index in [9.17, 15) is 4.79 Å². The van der Waals surface area contributed by atoms with E-state index in [1.165, 1.54) is 32.5 Å². The second kappa shape index (κ2) is 5.85. The number of aromatic nitrogens is 2. The predicted molar refractivity (Wildman–Crippen MR) is 78.3 cm³/mol. The summed E-state index contributed by atoms with van der Waals surface area (Å²) in [6.45, 7) is 0. The highest BCUT2D eigenvalue weighted by Gasteiger charge is 2.38. The summed E-state index contributed by atoms with van der Waals surface area (Å²) in [4.78, 5) is 22.4. The Morgan fingerprint density at radius 1 is 1.38 bits per heavy atom. The van der Waals surface area contributed by atoms with Crippen molar-refractivity contribution in [1.29, 1.82) is 0 Å². The lowest BCUT2D eigenvalue weighted by molar-refractivity contribution is 0.151. The van der Waals surface area contributed by atoms with E-state index in [1.807, 2.05) is 0 Å². The van der Waals surface area contributed by atoms with Gasteiger partial charge in [-0.1, -0.05) is 0 Å². The van der Waals surface area contributed by atoms with Crippen LogP contribution in [0, 0.1) is 0 Å². The number of amides is 2. The molecule has 0 aliphatic carbocycles. The second-order valence-corrected chi connectivity index (χ2v) is 5.76. The monoisotopic (exact) mass is 291 g/mol. The van der Waals surface area contributed by atoms with Gasteiger partial charge in [0.05, 0.1) is 13.3 Å². The van der Waals surface area contributed by atoms with Crippen LogP contribution in [-0.4, -0.2) is 53.2 Å². The molecule has 2 atom stereocenters. The Hall–Kier alpha value is -1.89. The standard InChI is InChI=1S/C14H21N5O2/c1-19-10-3-4-11(19)6-9(5-10)17-14(20)18-12-7-15-8-16-13(12)21-2/h7-11H,3-6H2,1-2H3,(H2,17,18,20). The molecule has 2 N–H and O–H groups in total. The molecule has 7 heteroatoms. The maximum absolute atomic E-state index is 12.1. The van der Waals surface area contributed by atoms with Crippen LogP contribution >= 0.6 is 0 Å². The molecule has 3 heterocycles. The first-order valence-corrected chi connectivity index (χ1v) is 7.31. The van der Waals surface area contributed by atoms with Gasteiger partial charge in [0.1, 0.15) is 12.0 Å². The molecule has 0 aromatic carbocycles. The number of fused-ring (bicyclic) bond motifs is 2. The minimum absolute atomic E-state index is 0.225. The summed E-state index contributed by atoms with van der Waals surface area (Å²) in [5.41, 5.74) is 0.480. The van der Waals surface area contributed by atoms with Gasteiger partial charge < -0.3 is 20.3 Å². The normalized spacial score (nSPS) is 28.2. The van der Waals surface area contributed by atoms with Gasteiger partial charge in [-0.25, -0.2) is 9.78 Å². The van der Waals surface area contributed by atoms with Gasteiger partial charge in [0.2, 0.25) is 5.88 Å². The fraction of sp³-hybridized carbons (Fsp3) is 0.643. The Kier molecular flexibility index (Phi) is 3.92. The van der Waals surface area contributed by atoms with Crippen molar-refractivity contribution in [1.82, 2.24) is 20.2 Å². The van der Waals surface area contributed by atoms with Gasteiger partial charge in [-0.05, 0) is 32.7 Å². The number of carbonyl (C=O) groups excluding carboxylic acids is 1. The van der Waals surface area contributed by atoms with Crippen molar-refractivity contribution < 1.29 is 9.53 Å². The number of nitrogens with one attached hydrogen (secondary N) is 2. The van der Waals surface area contributed by atoms with Gasteiger partial charge in [-0.15, -0.1) is 0 Å². The van der Waals surface area contributed by atoms with Gasteiger partial charge in [0.25, 0.3) is 0 Å². The molecule has 2 unspecified atom stereocenters. The highest BCUT2D eigenvalue weighted by molar-refractivity contribution is 5.90. The third-order valence-corrected chi connectivity index (χ3v) is 4.55. The zero-order valence-corrected chi connectivity index (χ0v) is 12.4. The summed E-state index contributed by atoms with van der Waals surface area (Å²) in [6.07, 6.45) is 7.43. The Labute approximate surface area is 124 Å². The second-order valence-electron chi connectivity index (χ2n) is 5.76. The highest BCUT2D eigenvalue weighted by Crippen LogP contribution is 2.34. The number of rotatable bonds is 3. The van der Waals surface area contributed by atoms with Crippen LogP contribution in [0.25, 0.3) is 0 Å². The third-order valence-electron chi connectivity index (χ3n) is 4.55. The fourth-order valence-corrected chi connectivity index (χ4v) is 3.44. The molecule has 2 aliphatic heterocycles. The average Bonchev–Trinajstić information content (AvgIpc) is 2.70. The lowest BCUT2D eigenvalue weighted by Gasteiger charge is -2.36. The molecule has 3 rings (SSSR count). The van der Waals surface area contributed by atoms with E-state index in [0.29, 0.717) is 23.7 Å². The van der Waals surface area contributed by atoms with Crippen LogP contribution in [0.3, 0.4) is 0 Å². The predicted octanol–water partition coefficient (Wildman–Crippen LogP) is 1.23. The number of methoxy groups -OCH3 is 1. The molecule has 2 aliphatic rings. The molecule has 2 bridgehead atoms. The molecule has 21 heavy (non-hydrogen) atoms. The van der Waals surface area contributed by atoms with E-state index in [1.54, 1.807) is 0 Å². The van der Waals surface area contributed by atoms with Crippen LogP contribution in [0.4, 0.5) is 10.5 Å². The molecule has 0 saturated carbocycles. The minimum atomic E-state index is -0.225. The summed E-state index contributed by atoms with van der Waals surface area (Å²) >= 11 is 0. The zero-order valence-electron chi connectivity index (χ0n) is 12.4. The first-order valence-electron chi connectivity index (χ1n) is 7.31. The number of anilines is 1. The van der Waals surface area contributed by atoms with E-state index in [2.05, 4.69) is 32.5 Å². The molecule has 2 amide bonds. The van der Waals surface area contributed by atoms with E-state index in [4.69, 9.17) is 4.74 Å². The van der Waals surface area contributed by atoms with Crippen molar-refractivity contribution in [2.24, 2.45) is 0 Å². The lowest BCUT2D eigenvalue weighted by Crippen LogP contribution is -2.49. The smallest absolute Gasteiger partial charge is 0.319 e. The van der Waals surface area contributed by atoms with E-state index in [0.717, 1.165) is 12.8 Å². The van der Waals surface area contributed by atoms with Gasteiger partial charge in [0, 0.05) is 18.1 Å². The highest BCUT2D eigenvalue weighted by atomic mass is 16.5. The molecule has 2 fully saturated rings. The number of urea groups is 1. The van der Waals surface area contributed by atoms with Crippen molar-refractivity contribution >= 4 is 11.7 Å². The molecule has 0 radical (unpaired) electrons. The number of piperidine rings is 1. The minimum Gasteiger partial charge on any atom is -0.479 e. The molecular weight excluding hydrogens is 270 g/mol. The Morgan fingerprint density at radius 2 is 2.10 bits per heavy atom. The van der Waals surface area contributed by atoms with Crippen LogP contribution in [0.1, 0.15) is 25.7 Å². The molecular formula is C14H21N5O2. The van der Waals surface area contributed by atoms with Crippen molar-refractivity contribution in [3.8, 4) is 5.88 Å². The number of ether oxygens (including phenoxy) is 1. The van der Waals surface area contributed by atoms with E-state index in [-0.39, 0.29) is 12.1 Å². The van der Waals surface area contributed by atoms with Gasteiger partial charge in [-0.2, -0.15) is 4.98 Å². The lowest BCUT2D eigenvalue weighted by atomic mass is 9.98. The van der Waals surface area contributed by atoms with Gasteiger partial charge in [-0.3, -0.25) is 0 Å². The topological polar surface area (TPSA) is 79.4 Å². The molecule has 2 saturated heterocycles. The van der Waals surface area contributed by atoms with Crippen molar-refractivity contribution in [2.45, 2.75) is 43.8 Å². The first kappa shape index (κ1) is 14.1. The number of carbonyl (C=O) groups is 1. The molecule has 7 nitrogen and oxygen atoms in total. The Bertz CT molecular complexity index is 510. The summed E-state index contributed by atoms with van der Waals surface area (Å²) in [6, 6.07) is 1.21. The van der Waals surface area contributed by atoms with Crippen LogP contribution in [-0.2, 0) is 0 Å². The molecule has 0 spiro atoms. The summed E-state index contributed by atoms with van der Waals surface area (Å²) in [5, 5.41) is 5.81. The Balaban J connectivity index is 1.57. The van der Waals surface area contributed by atoms with Gasteiger partial charge in [0.15, 0.2) is 0 Å². The van der Waals surface area contributed by atoms with E-state index < -0.39 is 0 Å². The first-order chi connectivity index (χ1) is 10.2. The fourth-order valence-electron chi connectivity index (χ4n) is 3.44. The van der Waals surface area contributed by atoms with E-state index >= 15 is 0 Å². The molecule has 1 aromatic heterocycles. The van der Waals surface area contributed by atoms with Gasteiger partial charge >= 0.3 is 6.03 Å². The summed E-state index contributed by atoms with van der Waals surface area (Å²) in [5.74, 6) is 0.364. The van der Waals surface area contributed by atoms with Crippen molar-refractivity contribution in [3.05, 3.63) is 12.5 Å². The average molecular weight is 291 g/mol. The SMILES string of the molecule is COc1ncncc1NC(=O)NC1CC2CCC(C1)N2C.